The lowest BCUT2D eigenvalue weighted by Gasteiger charge is -2.39. The van der Waals surface area contributed by atoms with Crippen LogP contribution >= 0.6 is 11.3 Å². The van der Waals surface area contributed by atoms with Crippen molar-refractivity contribution in [2.75, 3.05) is 12.4 Å². The third-order valence-corrected chi connectivity index (χ3v) is 4.04. The smallest absolute Gasteiger partial charge is 0.305 e. The highest BCUT2D eigenvalue weighted by Gasteiger charge is 2.32. The summed E-state index contributed by atoms with van der Waals surface area (Å²) in [4.78, 5) is 15.5. The predicted molar refractivity (Wildman–Crippen MR) is 68.3 cm³/mol. The van der Waals surface area contributed by atoms with Crippen molar-refractivity contribution in [1.29, 1.82) is 0 Å². The van der Waals surface area contributed by atoms with Gasteiger partial charge in [-0.1, -0.05) is 0 Å². The molecular weight excluding hydrogens is 236 g/mol. The monoisotopic (exact) mass is 254 g/mol. The molecule has 1 aliphatic rings. The molecule has 1 heterocycles. The first-order chi connectivity index (χ1) is 8.11. The lowest BCUT2D eigenvalue weighted by Crippen LogP contribution is -2.41. The molecule has 1 saturated carbocycles. The molecule has 0 aromatic carbocycles. The van der Waals surface area contributed by atoms with E-state index in [2.05, 4.69) is 22.0 Å². The Morgan fingerprint density at radius 2 is 2.41 bits per heavy atom. The number of ether oxygens (including phenoxy) is 1. The van der Waals surface area contributed by atoms with Crippen LogP contribution in [0.25, 0.3) is 0 Å². The minimum Gasteiger partial charge on any atom is -0.469 e. The zero-order chi connectivity index (χ0) is 12.3. The van der Waals surface area contributed by atoms with E-state index in [1.807, 2.05) is 5.38 Å². The van der Waals surface area contributed by atoms with Gasteiger partial charge < -0.3 is 10.1 Å². The molecule has 4 nitrogen and oxygen atoms in total. The quantitative estimate of drug-likeness (QED) is 0.821. The molecule has 5 heteroatoms. The lowest BCUT2D eigenvalue weighted by atomic mass is 9.79. The highest BCUT2D eigenvalue weighted by molar-refractivity contribution is 7.13. The summed E-state index contributed by atoms with van der Waals surface area (Å²) < 4.78 is 4.61. The Kier molecular flexibility index (Phi) is 3.66. The van der Waals surface area contributed by atoms with Crippen LogP contribution in [0.1, 0.15) is 38.3 Å². The first-order valence-corrected chi connectivity index (χ1v) is 6.79. The van der Waals surface area contributed by atoms with Crippen LogP contribution in [0.4, 0.5) is 5.13 Å². The molecule has 17 heavy (non-hydrogen) atoms. The number of nitrogens with zero attached hydrogens (tertiary/aromatic N) is 1. The molecule has 0 radical (unpaired) electrons. The second-order valence-electron chi connectivity index (χ2n) is 4.76. The zero-order valence-corrected chi connectivity index (χ0v) is 11.1. The maximum absolute atomic E-state index is 11.0. The highest BCUT2D eigenvalue weighted by Crippen LogP contribution is 2.35. The molecule has 1 N–H and O–H groups in total. The Morgan fingerprint density at radius 3 is 3.00 bits per heavy atom. The number of hydrogen-bond donors (Lipinski definition) is 1. The van der Waals surface area contributed by atoms with Crippen LogP contribution < -0.4 is 5.32 Å². The first kappa shape index (κ1) is 12.4. The number of methoxy groups -OCH3 is 1. The van der Waals surface area contributed by atoms with E-state index in [-0.39, 0.29) is 11.5 Å². The van der Waals surface area contributed by atoms with Gasteiger partial charge in [0.15, 0.2) is 5.13 Å². The number of carbonyl (C=O) groups is 1. The molecule has 0 spiro atoms. The number of rotatable bonds is 5. The van der Waals surface area contributed by atoms with Crippen molar-refractivity contribution in [2.24, 2.45) is 0 Å². The Bertz CT molecular complexity index is 399. The summed E-state index contributed by atoms with van der Waals surface area (Å²) in [6.07, 6.45) is 4.77. The largest absolute Gasteiger partial charge is 0.469 e. The van der Waals surface area contributed by atoms with Gasteiger partial charge in [-0.25, -0.2) is 4.98 Å². The van der Waals surface area contributed by atoms with E-state index in [0.29, 0.717) is 12.8 Å². The number of anilines is 1. The fraction of sp³-hybridized carbons (Fsp3) is 0.667. The summed E-state index contributed by atoms with van der Waals surface area (Å²) in [7, 11) is 1.41. The van der Waals surface area contributed by atoms with Gasteiger partial charge in [0.25, 0.3) is 0 Å². The molecule has 1 aromatic heterocycles. The third-order valence-electron chi connectivity index (χ3n) is 3.23. The summed E-state index contributed by atoms with van der Waals surface area (Å²) in [5, 5.41) is 6.44. The number of thiazole rings is 1. The number of hydrogen-bond acceptors (Lipinski definition) is 5. The number of carbonyl (C=O) groups excluding carboxylic acids is 1. The molecule has 94 valence electrons. The van der Waals surface area contributed by atoms with Gasteiger partial charge in [0, 0.05) is 17.3 Å². The molecular formula is C12H18N2O2S. The van der Waals surface area contributed by atoms with Crippen molar-refractivity contribution < 1.29 is 9.53 Å². The van der Waals surface area contributed by atoms with Crippen molar-refractivity contribution in [3.8, 4) is 0 Å². The molecule has 0 unspecified atom stereocenters. The second kappa shape index (κ2) is 5.04. The maximum atomic E-state index is 11.0. The van der Waals surface area contributed by atoms with Crippen LogP contribution in [-0.2, 0) is 16.0 Å². The van der Waals surface area contributed by atoms with E-state index >= 15 is 0 Å². The van der Waals surface area contributed by atoms with E-state index in [1.165, 1.54) is 26.4 Å². The molecule has 0 atom stereocenters. The molecule has 1 fully saturated rings. The van der Waals surface area contributed by atoms with E-state index in [1.54, 1.807) is 11.3 Å². The summed E-state index contributed by atoms with van der Waals surface area (Å²) in [5.74, 6) is -0.182. The molecule has 2 rings (SSSR count). The summed E-state index contributed by atoms with van der Waals surface area (Å²) in [6.45, 7) is 2.23. The Labute approximate surface area is 105 Å². The molecule has 0 saturated heterocycles. The number of nitrogens with one attached hydrogen (secondary N) is 1. The zero-order valence-electron chi connectivity index (χ0n) is 10.3. The average molecular weight is 254 g/mol. The van der Waals surface area contributed by atoms with E-state index in [4.69, 9.17) is 0 Å². The normalized spacial score (nSPS) is 17.3. The van der Waals surface area contributed by atoms with Gasteiger partial charge in [0.05, 0.1) is 19.2 Å². The Hall–Kier alpha value is -1.10. The second-order valence-corrected chi connectivity index (χ2v) is 5.62. The van der Waals surface area contributed by atoms with Gasteiger partial charge in [0.2, 0.25) is 0 Å². The van der Waals surface area contributed by atoms with Gasteiger partial charge in [-0.2, -0.15) is 0 Å². The van der Waals surface area contributed by atoms with Gasteiger partial charge in [0.1, 0.15) is 0 Å². The van der Waals surface area contributed by atoms with Crippen LogP contribution in [0.15, 0.2) is 5.38 Å². The van der Waals surface area contributed by atoms with Gasteiger partial charge >= 0.3 is 5.97 Å². The fourth-order valence-corrected chi connectivity index (χ4v) is 2.80. The van der Waals surface area contributed by atoms with Crippen LogP contribution in [0.3, 0.4) is 0 Å². The van der Waals surface area contributed by atoms with Crippen molar-refractivity contribution in [3.05, 3.63) is 11.1 Å². The number of aromatic nitrogens is 1. The molecule has 1 aliphatic carbocycles. The fourth-order valence-electron chi connectivity index (χ4n) is 1.90. The van der Waals surface area contributed by atoms with Gasteiger partial charge in [-0.15, -0.1) is 11.3 Å². The standard InChI is InChI=1S/C12H18N2O2S/c1-12(6-3-7-12)14-11-13-9(8-17-11)4-5-10(15)16-2/h8H,3-7H2,1-2H3,(H,13,14). The highest BCUT2D eigenvalue weighted by atomic mass is 32.1. The van der Waals surface area contributed by atoms with Crippen molar-refractivity contribution in [1.82, 2.24) is 4.98 Å². The van der Waals surface area contributed by atoms with Crippen molar-refractivity contribution in [2.45, 2.75) is 44.6 Å². The van der Waals surface area contributed by atoms with Crippen LogP contribution in [-0.4, -0.2) is 23.6 Å². The van der Waals surface area contributed by atoms with Crippen molar-refractivity contribution in [3.63, 3.8) is 0 Å². The maximum Gasteiger partial charge on any atom is 0.305 e. The summed E-state index contributed by atoms with van der Waals surface area (Å²) in [5.41, 5.74) is 1.20. The molecule has 0 bridgehead atoms. The summed E-state index contributed by atoms with van der Waals surface area (Å²) >= 11 is 1.61. The molecule has 1 aromatic rings. The van der Waals surface area contributed by atoms with E-state index < -0.39 is 0 Å². The van der Waals surface area contributed by atoms with Gasteiger partial charge in [-0.3, -0.25) is 4.79 Å². The van der Waals surface area contributed by atoms with E-state index in [0.717, 1.165) is 10.8 Å². The number of esters is 1. The molecule has 0 aliphatic heterocycles. The lowest BCUT2D eigenvalue weighted by molar-refractivity contribution is -0.140. The minimum atomic E-state index is -0.182. The Morgan fingerprint density at radius 1 is 1.65 bits per heavy atom. The van der Waals surface area contributed by atoms with Crippen LogP contribution in [0.2, 0.25) is 0 Å². The predicted octanol–water partition coefficient (Wildman–Crippen LogP) is 2.60. The molecule has 0 amide bonds. The average Bonchev–Trinajstić information content (AvgIpc) is 2.71. The minimum absolute atomic E-state index is 0.182. The first-order valence-electron chi connectivity index (χ1n) is 5.91. The Balaban J connectivity index is 1.85. The van der Waals surface area contributed by atoms with Crippen molar-refractivity contribution >= 4 is 22.4 Å². The van der Waals surface area contributed by atoms with Gasteiger partial charge in [-0.05, 0) is 26.2 Å². The number of aryl methyl sites for hydroxylation is 1. The van der Waals surface area contributed by atoms with E-state index in [9.17, 15) is 4.79 Å². The topological polar surface area (TPSA) is 51.2 Å². The SMILES string of the molecule is COC(=O)CCc1csc(NC2(C)CCC2)n1. The van der Waals surface area contributed by atoms with Crippen LogP contribution in [0.5, 0.6) is 0 Å². The van der Waals surface area contributed by atoms with Crippen LogP contribution in [0, 0.1) is 0 Å². The third kappa shape index (κ3) is 3.19. The summed E-state index contributed by atoms with van der Waals surface area (Å²) in [6, 6.07) is 0.